The Morgan fingerprint density at radius 2 is 1.68 bits per heavy atom. The van der Waals surface area contributed by atoms with Crippen molar-refractivity contribution in [2.45, 2.75) is 13.8 Å². The number of anilines is 1. The van der Waals surface area contributed by atoms with Crippen LogP contribution in [0, 0.1) is 6.92 Å². The van der Waals surface area contributed by atoms with Gasteiger partial charge in [-0.1, -0.05) is 48.0 Å². The van der Waals surface area contributed by atoms with Crippen molar-refractivity contribution in [2.24, 2.45) is 5.10 Å². The number of rotatable bonds is 7. The van der Waals surface area contributed by atoms with Crippen molar-refractivity contribution >= 4 is 40.5 Å². The molecule has 0 atom stereocenters. The van der Waals surface area contributed by atoms with Gasteiger partial charge in [0.25, 0.3) is 0 Å². The molecule has 0 saturated carbocycles. The summed E-state index contributed by atoms with van der Waals surface area (Å²) in [6, 6.07) is 24.7. The third-order valence-electron chi connectivity index (χ3n) is 5.38. The Bertz CT molecular complexity index is 1480. The Balaban J connectivity index is 1.50. The van der Waals surface area contributed by atoms with E-state index in [0.717, 1.165) is 16.3 Å². The van der Waals surface area contributed by atoms with Gasteiger partial charge in [-0.3, -0.25) is 9.59 Å². The summed E-state index contributed by atoms with van der Waals surface area (Å²) in [5.41, 5.74) is 4.48. The summed E-state index contributed by atoms with van der Waals surface area (Å²) in [6.45, 7) is 4.28. The van der Waals surface area contributed by atoms with E-state index >= 15 is 0 Å². The van der Waals surface area contributed by atoms with E-state index in [1.54, 1.807) is 48.5 Å². The molecule has 8 heteroatoms. The highest BCUT2D eigenvalue weighted by atomic mass is 16.5. The monoisotopic (exact) mass is 495 g/mol. The SMILES string of the molecule is CCOc1ccc(NC(=O)C(=O)N/N=C/c2c(OC(=O)c3cccc(C)c3)ccc3ccccc23)cc1. The molecule has 4 rings (SSSR count). The minimum atomic E-state index is -0.955. The fourth-order valence-electron chi connectivity index (χ4n) is 3.62. The van der Waals surface area contributed by atoms with Gasteiger partial charge < -0.3 is 14.8 Å². The molecule has 0 aliphatic rings. The predicted molar refractivity (Wildman–Crippen MR) is 142 cm³/mol. The Hall–Kier alpha value is -4.98. The van der Waals surface area contributed by atoms with Gasteiger partial charge in [0.05, 0.1) is 18.4 Å². The summed E-state index contributed by atoms with van der Waals surface area (Å²) in [7, 11) is 0. The summed E-state index contributed by atoms with van der Waals surface area (Å²) >= 11 is 0. The summed E-state index contributed by atoms with van der Waals surface area (Å²) in [6.07, 6.45) is 1.35. The first-order chi connectivity index (χ1) is 17.9. The van der Waals surface area contributed by atoms with Crippen LogP contribution in [0.2, 0.25) is 0 Å². The topological polar surface area (TPSA) is 106 Å². The number of fused-ring (bicyclic) bond motifs is 1. The third-order valence-corrected chi connectivity index (χ3v) is 5.38. The maximum atomic E-state index is 12.8. The highest BCUT2D eigenvalue weighted by Crippen LogP contribution is 2.27. The molecule has 0 unspecified atom stereocenters. The van der Waals surface area contributed by atoms with Crippen LogP contribution in [0.5, 0.6) is 11.5 Å². The van der Waals surface area contributed by atoms with Gasteiger partial charge in [0.15, 0.2) is 0 Å². The third kappa shape index (κ3) is 6.37. The number of hydrogen-bond donors (Lipinski definition) is 2. The molecule has 186 valence electrons. The molecule has 37 heavy (non-hydrogen) atoms. The number of nitrogens with one attached hydrogen (secondary N) is 2. The molecule has 0 spiro atoms. The molecule has 0 aliphatic heterocycles. The van der Waals surface area contributed by atoms with Crippen molar-refractivity contribution < 1.29 is 23.9 Å². The lowest BCUT2D eigenvalue weighted by atomic mass is 10.0. The van der Waals surface area contributed by atoms with Crippen LogP contribution < -0.4 is 20.2 Å². The van der Waals surface area contributed by atoms with Gasteiger partial charge in [-0.2, -0.15) is 5.10 Å². The van der Waals surface area contributed by atoms with Crippen molar-refractivity contribution in [2.75, 3.05) is 11.9 Å². The molecular weight excluding hydrogens is 470 g/mol. The molecule has 2 amide bonds. The van der Waals surface area contributed by atoms with E-state index in [4.69, 9.17) is 9.47 Å². The number of ether oxygens (including phenoxy) is 2. The van der Waals surface area contributed by atoms with Gasteiger partial charge in [-0.15, -0.1) is 0 Å². The number of benzene rings is 4. The number of hydrogen-bond acceptors (Lipinski definition) is 6. The van der Waals surface area contributed by atoms with Crippen LogP contribution in [0.3, 0.4) is 0 Å². The normalized spacial score (nSPS) is 10.8. The molecule has 4 aromatic carbocycles. The highest BCUT2D eigenvalue weighted by Gasteiger charge is 2.15. The molecule has 2 N–H and O–H groups in total. The highest BCUT2D eigenvalue weighted by molar-refractivity contribution is 6.39. The number of aryl methyl sites for hydroxylation is 1. The summed E-state index contributed by atoms with van der Waals surface area (Å²) < 4.78 is 11.0. The van der Waals surface area contributed by atoms with Crippen molar-refractivity contribution in [3.05, 3.63) is 102 Å². The molecule has 8 nitrogen and oxygen atoms in total. The molecule has 0 heterocycles. The van der Waals surface area contributed by atoms with Gasteiger partial charge in [-0.25, -0.2) is 10.2 Å². The zero-order valence-corrected chi connectivity index (χ0v) is 20.4. The fraction of sp³-hybridized carbons (Fsp3) is 0.103. The zero-order chi connectivity index (χ0) is 26.2. The molecule has 0 radical (unpaired) electrons. The van der Waals surface area contributed by atoms with Gasteiger partial charge in [-0.05, 0) is 67.1 Å². The van der Waals surface area contributed by atoms with E-state index in [-0.39, 0.29) is 5.75 Å². The van der Waals surface area contributed by atoms with Crippen LogP contribution in [0.4, 0.5) is 5.69 Å². The number of carbonyl (C=O) groups is 3. The van der Waals surface area contributed by atoms with Crippen LogP contribution in [0.1, 0.15) is 28.4 Å². The van der Waals surface area contributed by atoms with E-state index in [1.165, 1.54) is 6.21 Å². The van der Waals surface area contributed by atoms with Gasteiger partial charge in [0.1, 0.15) is 11.5 Å². The maximum Gasteiger partial charge on any atom is 0.343 e. The molecule has 0 aliphatic carbocycles. The standard InChI is InChI=1S/C29H25N3O5/c1-3-36-23-14-12-22(13-15-23)31-27(33)28(34)32-30-18-25-24-10-5-4-8-20(24)11-16-26(25)37-29(35)21-9-6-7-19(2)17-21/h4-18H,3H2,1-2H3,(H,31,33)(H,32,34)/b30-18+. The molecule has 0 aromatic heterocycles. The molecule has 0 bridgehead atoms. The number of hydrazone groups is 1. The van der Waals surface area contributed by atoms with Crippen molar-refractivity contribution in [3.63, 3.8) is 0 Å². The minimum Gasteiger partial charge on any atom is -0.494 e. The number of esters is 1. The second-order valence-corrected chi connectivity index (χ2v) is 8.07. The lowest BCUT2D eigenvalue weighted by Gasteiger charge is -2.11. The Morgan fingerprint density at radius 1 is 0.892 bits per heavy atom. The van der Waals surface area contributed by atoms with E-state index < -0.39 is 17.8 Å². The van der Waals surface area contributed by atoms with Gasteiger partial charge in [0, 0.05) is 11.3 Å². The first kappa shape index (κ1) is 25.1. The largest absolute Gasteiger partial charge is 0.494 e. The van der Waals surface area contributed by atoms with E-state index in [1.807, 2.05) is 50.2 Å². The van der Waals surface area contributed by atoms with Crippen molar-refractivity contribution in [1.82, 2.24) is 5.43 Å². The Labute approximate surface area is 213 Å². The minimum absolute atomic E-state index is 0.266. The molecule has 0 saturated heterocycles. The maximum absolute atomic E-state index is 12.8. The Kier molecular flexibility index (Phi) is 7.90. The first-order valence-corrected chi connectivity index (χ1v) is 11.6. The van der Waals surface area contributed by atoms with Crippen molar-refractivity contribution in [3.8, 4) is 11.5 Å². The number of carbonyl (C=O) groups excluding carboxylic acids is 3. The van der Waals surface area contributed by atoms with Crippen molar-refractivity contribution in [1.29, 1.82) is 0 Å². The smallest absolute Gasteiger partial charge is 0.343 e. The number of nitrogens with zero attached hydrogens (tertiary/aromatic N) is 1. The van der Waals surface area contributed by atoms with E-state index in [2.05, 4.69) is 15.8 Å². The number of amides is 2. The second kappa shape index (κ2) is 11.6. The van der Waals surface area contributed by atoms with Crippen LogP contribution >= 0.6 is 0 Å². The summed E-state index contributed by atoms with van der Waals surface area (Å²) in [4.78, 5) is 37.3. The van der Waals surface area contributed by atoms with Crippen LogP contribution in [-0.4, -0.2) is 30.6 Å². The lowest BCUT2D eigenvalue weighted by molar-refractivity contribution is -0.136. The van der Waals surface area contributed by atoms with Gasteiger partial charge in [0.2, 0.25) is 0 Å². The average Bonchev–Trinajstić information content (AvgIpc) is 2.90. The molecule has 4 aromatic rings. The Morgan fingerprint density at radius 3 is 2.43 bits per heavy atom. The van der Waals surface area contributed by atoms with E-state index in [9.17, 15) is 14.4 Å². The second-order valence-electron chi connectivity index (χ2n) is 8.07. The van der Waals surface area contributed by atoms with Crippen LogP contribution in [0.25, 0.3) is 10.8 Å². The summed E-state index contributed by atoms with van der Waals surface area (Å²) in [5, 5.41) is 8.10. The fourth-order valence-corrected chi connectivity index (χ4v) is 3.62. The lowest BCUT2D eigenvalue weighted by Crippen LogP contribution is -2.32. The zero-order valence-electron chi connectivity index (χ0n) is 20.4. The first-order valence-electron chi connectivity index (χ1n) is 11.6. The van der Waals surface area contributed by atoms with Gasteiger partial charge >= 0.3 is 17.8 Å². The predicted octanol–water partition coefficient (Wildman–Crippen LogP) is 4.85. The van der Waals surface area contributed by atoms with Crippen LogP contribution in [-0.2, 0) is 9.59 Å². The summed E-state index contributed by atoms with van der Waals surface area (Å²) in [5.74, 6) is -1.44. The quantitative estimate of drug-likeness (QED) is 0.125. The molecule has 0 fully saturated rings. The average molecular weight is 496 g/mol. The van der Waals surface area contributed by atoms with E-state index in [0.29, 0.717) is 29.2 Å². The van der Waals surface area contributed by atoms with Crippen LogP contribution in [0.15, 0.2) is 90.0 Å². The molecular formula is C29H25N3O5.